The van der Waals surface area contributed by atoms with Crippen LogP contribution < -0.4 is 10.5 Å². The van der Waals surface area contributed by atoms with Crippen molar-refractivity contribution in [3.63, 3.8) is 0 Å². The van der Waals surface area contributed by atoms with Crippen molar-refractivity contribution < 1.29 is 17.9 Å². The van der Waals surface area contributed by atoms with Crippen molar-refractivity contribution in [1.82, 2.24) is 0 Å². The molecule has 0 saturated heterocycles. The standard InChI is InChI=1S/C10H10F3NO.ClH/c11-10(12,13)6-1-2-7-8(14)3-4-15-9(7)5-6;/h1-2,5,8H,3-4,14H2;1H. The Morgan fingerprint density at radius 3 is 2.62 bits per heavy atom. The summed E-state index contributed by atoms with van der Waals surface area (Å²) in [4.78, 5) is 0. The number of nitrogens with two attached hydrogens (primary N) is 1. The highest BCUT2D eigenvalue weighted by molar-refractivity contribution is 5.85. The summed E-state index contributed by atoms with van der Waals surface area (Å²) in [6, 6.07) is 3.21. The molecule has 1 aliphatic rings. The third kappa shape index (κ3) is 2.41. The Balaban J connectivity index is 0.00000128. The summed E-state index contributed by atoms with van der Waals surface area (Å²) < 4.78 is 42.3. The first-order valence-electron chi connectivity index (χ1n) is 4.58. The van der Waals surface area contributed by atoms with Gasteiger partial charge in [-0.25, -0.2) is 0 Å². The summed E-state index contributed by atoms with van der Waals surface area (Å²) >= 11 is 0. The van der Waals surface area contributed by atoms with Crippen molar-refractivity contribution in [3.8, 4) is 5.75 Å². The van der Waals surface area contributed by atoms with E-state index < -0.39 is 11.7 Å². The highest BCUT2D eigenvalue weighted by atomic mass is 35.5. The van der Waals surface area contributed by atoms with Crippen LogP contribution in [0.15, 0.2) is 18.2 Å². The van der Waals surface area contributed by atoms with Crippen LogP contribution in [0.5, 0.6) is 5.75 Å². The van der Waals surface area contributed by atoms with Gasteiger partial charge in [-0.2, -0.15) is 13.2 Å². The number of fused-ring (bicyclic) bond motifs is 1. The molecular formula is C10H11ClF3NO. The normalized spacial score (nSPS) is 19.4. The van der Waals surface area contributed by atoms with Gasteiger partial charge in [0.1, 0.15) is 5.75 Å². The smallest absolute Gasteiger partial charge is 0.416 e. The van der Waals surface area contributed by atoms with Crippen LogP contribution in [0.2, 0.25) is 0 Å². The van der Waals surface area contributed by atoms with E-state index in [0.717, 1.165) is 12.1 Å². The molecular weight excluding hydrogens is 243 g/mol. The van der Waals surface area contributed by atoms with Gasteiger partial charge in [-0.15, -0.1) is 12.4 Å². The molecule has 0 aliphatic carbocycles. The van der Waals surface area contributed by atoms with Gasteiger partial charge >= 0.3 is 6.18 Å². The first-order valence-corrected chi connectivity index (χ1v) is 4.58. The summed E-state index contributed by atoms with van der Waals surface area (Å²) in [5.74, 6) is 0.253. The number of halogens is 4. The maximum Gasteiger partial charge on any atom is 0.416 e. The molecule has 0 fully saturated rings. The molecule has 0 saturated carbocycles. The predicted molar refractivity (Wildman–Crippen MR) is 55.7 cm³/mol. The minimum absolute atomic E-state index is 0. The van der Waals surface area contributed by atoms with E-state index in [0.29, 0.717) is 18.6 Å². The number of benzene rings is 1. The van der Waals surface area contributed by atoms with Crippen LogP contribution in [0.1, 0.15) is 23.6 Å². The molecule has 0 spiro atoms. The quantitative estimate of drug-likeness (QED) is 0.772. The molecule has 16 heavy (non-hydrogen) atoms. The maximum atomic E-state index is 12.4. The Morgan fingerprint density at radius 1 is 1.31 bits per heavy atom. The monoisotopic (exact) mass is 253 g/mol. The van der Waals surface area contributed by atoms with Crippen LogP contribution in [0.4, 0.5) is 13.2 Å². The molecule has 1 heterocycles. The zero-order chi connectivity index (χ0) is 11.1. The molecule has 0 aromatic heterocycles. The first kappa shape index (κ1) is 13.1. The highest BCUT2D eigenvalue weighted by Gasteiger charge is 2.32. The summed E-state index contributed by atoms with van der Waals surface area (Å²) in [6.07, 6.45) is -3.70. The van der Waals surface area contributed by atoms with Crippen LogP contribution in [0, 0.1) is 0 Å². The zero-order valence-electron chi connectivity index (χ0n) is 8.25. The average molecular weight is 254 g/mol. The Kier molecular flexibility index (Phi) is 3.70. The van der Waals surface area contributed by atoms with Crippen LogP contribution >= 0.6 is 12.4 Å². The predicted octanol–water partition coefficient (Wildman–Crippen LogP) is 2.91. The lowest BCUT2D eigenvalue weighted by molar-refractivity contribution is -0.137. The molecule has 0 bridgehead atoms. The van der Waals surface area contributed by atoms with E-state index in [9.17, 15) is 13.2 Å². The molecule has 6 heteroatoms. The van der Waals surface area contributed by atoms with E-state index in [1.807, 2.05) is 0 Å². The van der Waals surface area contributed by atoms with Crippen molar-refractivity contribution in [1.29, 1.82) is 0 Å². The Bertz CT molecular complexity index is 381. The van der Waals surface area contributed by atoms with Gasteiger partial charge in [0.2, 0.25) is 0 Å². The van der Waals surface area contributed by atoms with Crippen molar-refractivity contribution >= 4 is 12.4 Å². The van der Waals surface area contributed by atoms with Crippen LogP contribution in [0.25, 0.3) is 0 Å². The van der Waals surface area contributed by atoms with E-state index in [2.05, 4.69) is 0 Å². The molecule has 2 rings (SSSR count). The maximum absolute atomic E-state index is 12.4. The third-order valence-corrected chi connectivity index (χ3v) is 2.43. The molecule has 1 atom stereocenters. The average Bonchev–Trinajstić information content (AvgIpc) is 2.16. The van der Waals surface area contributed by atoms with Crippen LogP contribution in [0.3, 0.4) is 0 Å². The Labute approximate surface area is 97.0 Å². The lowest BCUT2D eigenvalue weighted by atomic mass is 9.99. The Hall–Kier alpha value is -0.940. The minimum Gasteiger partial charge on any atom is -0.493 e. The summed E-state index contributed by atoms with van der Waals surface area (Å²) in [7, 11) is 0. The number of hydrogen-bond donors (Lipinski definition) is 1. The van der Waals surface area contributed by atoms with Crippen molar-refractivity contribution in [2.24, 2.45) is 5.73 Å². The third-order valence-electron chi connectivity index (χ3n) is 2.43. The minimum atomic E-state index is -4.33. The molecule has 1 aliphatic heterocycles. The second kappa shape index (κ2) is 4.51. The number of rotatable bonds is 0. The van der Waals surface area contributed by atoms with Gasteiger partial charge in [-0.05, 0) is 12.1 Å². The van der Waals surface area contributed by atoms with Gasteiger partial charge in [-0.1, -0.05) is 6.07 Å². The van der Waals surface area contributed by atoms with Crippen molar-refractivity contribution in [3.05, 3.63) is 29.3 Å². The second-order valence-electron chi connectivity index (χ2n) is 3.49. The molecule has 1 unspecified atom stereocenters. The second-order valence-corrected chi connectivity index (χ2v) is 3.49. The molecule has 2 N–H and O–H groups in total. The van der Waals surface area contributed by atoms with E-state index >= 15 is 0 Å². The van der Waals surface area contributed by atoms with E-state index in [1.54, 1.807) is 0 Å². The summed E-state index contributed by atoms with van der Waals surface area (Å²) in [5.41, 5.74) is 5.69. The Morgan fingerprint density at radius 2 is 2.00 bits per heavy atom. The molecule has 90 valence electrons. The summed E-state index contributed by atoms with van der Waals surface area (Å²) in [5, 5.41) is 0. The van der Waals surface area contributed by atoms with Crippen molar-refractivity contribution in [2.75, 3.05) is 6.61 Å². The fraction of sp³-hybridized carbons (Fsp3) is 0.400. The van der Waals surface area contributed by atoms with E-state index in [4.69, 9.17) is 10.5 Å². The molecule has 2 nitrogen and oxygen atoms in total. The van der Waals surface area contributed by atoms with E-state index in [-0.39, 0.29) is 24.2 Å². The lowest BCUT2D eigenvalue weighted by Crippen LogP contribution is -2.21. The molecule has 1 aromatic carbocycles. The van der Waals surface area contributed by atoms with Gasteiger partial charge in [0.05, 0.1) is 12.2 Å². The van der Waals surface area contributed by atoms with Gasteiger partial charge in [-0.3, -0.25) is 0 Å². The summed E-state index contributed by atoms with van der Waals surface area (Å²) in [6.45, 7) is 0.371. The topological polar surface area (TPSA) is 35.2 Å². The number of hydrogen-bond acceptors (Lipinski definition) is 2. The van der Waals surface area contributed by atoms with Crippen LogP contribution in [-0.2, 0) is 6.18 Å². The van der Waals surface area contributed by atoms with Crippen molar-refractivity contribution in [2.45, 2.75) is 18.6 Å². The molecule has 0 radical (unpaired) electrons. The van der Waals surface area contributed by atoms with Gasteiger partial charge in [0.25, 0.3) is 0 Å². The largest absolute Gasteiger partial charge is 0.493 e. The SMILES string of the molecule is Cl.NC1CCOc2cc(C(F)(F)F)ccc21. The number of alkyl halides is 3. The van der Waals surface area contributed by atoms with E-state index in [1.165, 1.54) is 6.07 Å². The lowest BCUT2D eigenvalue weighted by Gasteiger charge is -2.23. The van der Waals surface area contributed by atoms with Gasteiger partial charge in [0.15, 0.2) is 0 Å². The first-order chi connectivity index (χ1) is 6.98. The number of ether oxygens (including phenoxy) is 1. The zero-order valence-corrected chi connectivity index (χ0v) is 9.07. The fourth-order valence-electron chi connectivity index (χ4n) is 1.59. The van der Waals surface area contributed by atoms with Gasteiger partial charge < -0.3 is 10.5 Å². The fourth-order valence-corrected chi connectivity index (χ4v) is 1.59. The van der Waals surface area contributed by atoms with Gasteiger partial charge in [0, 0.05) is 18.0 Å². The van der Waals surface area contributed by atoms with Crippen LogP contribution in [-0.4, -0.2) is 6.61 Å². The molecule has 1 aromatic rings. The molecule has 0 amide bonds. The highest BCUT2D eigenvalue weighted by Crippen LogP contribution is 2.36.